The van der Waals surface area contributed by atoms with Gasteiger partial charge < -0.3 is 0 Å². The van der Waals surface area contributed by atoms with Crippen molar-refractivity contribution in [3.63, 3.8) is 0 Å². The Labute approximate surface area is 132 Å². The van der Waals surface area contributed by atoms with Crippen molar-refractivity contribution in [2.24, 2.45) is 11.0 Å². The zero-order chi connectivity index (χ0) is 15.0. The van der Waals surface area contributed by atoms with Gasteiger partial charge in [0.15, 0.2) is 6.17 Å². The number of hydrogen-bond acceptors (Lipinski definition) is 6. The Morgan fingerprint density at radius 1 is 1.27 bits per heavy atom. The number of aromatic nitrogens is 3. The minimum atomic E-state index is 0.0829. The average molecular weight is 314 g/mol. The molecule has 2 atom stereocenters. The van der Waals surface area contributed by atoms with Crippen LogP contribution in [0, 0.1) is 12.8 Å². The average Bonchev–Trinajstić information content (AvgIpc) is 3.14. The summed E-state index contributed by atoms with van der Waals surface area (Å²) in [5.74, 6) is 3.56. The molecule has 4 heterocycles. The van der Waals surface area contributed by atoms with E-state index in [2.05, 4.69) is 37.1 Å². The zero-order valence-electron chi connectivity index (χ0n) is 12.9. The summed E-state index contributed by atoms with van der Waals surface area (Å²) >= 11 is 1.92. The molecule has 1 aliphatic carbocycles. The first-order valence-corrected chi connectivity index (χ1v) is 8.62. The SMILES string of the molecule is CC1=NNC2c3c(sc4c3CCC(C)C4)-n3c(C)nnc3N12. The Morgan fingerprint density at radius 2 is 2.14 bits per heavy atom. The van der Waals surface area contributed by atoms with Gasteiger partial charge in [-0.15, -0.1) is 21.5 Å². The smallest absolute Gasteiger partial charge is 0.240 e. The highest BCUT2D eigenvalue weighted by Crippen LogP contribution is 2.48. The summed E-state index contributed by atoms with van der Waals surface area (Å²) in [6, 6.07) is 0. The van der Waals surface area contributed by atoms with E-state index in [4.69, 9.17) is 0 Å². The Morgan fingerprint density at radius 3 is 3.00 bits per heavy atom. The molecule has 2 unspecified atom stereocenters. The Hall–Kier alpha value is -1.89. The standard InChI is InChI=1S/C15H18N6S/c1-7-4-5-10-11(6-7)22-14-12(10)13-18-16-8(2)20(13)15-19-17-9(3)21(14)15/h7,13,18H,4-6H2,1-3H3. The third kappa shape index (κ3) is 1.42. The molecule has 0 fully saturated rings. The molecule has 1 N–H and O–H groups in total. The summed E-state index contributed by atoms with van der Waals surface area (Å²) < 4.78 is 2.20. The maximum absolute atomic E-state index is 4.45. The first-order valence-electron chi connectivity index (χ1n) is 7.81. The lowest BCUT2D eigenvalue weighted by Gasteiger charge is -2.31. The predicted molar refractivity (Wildman–Crippen MR) is 86.6 cm³/mol. The molecule has 3 aliphatic rings. The first kappa shape index (κ1) is 12.6. The minimum absolute atomic E-state index is 0.0829. The van der Waals surface area contributed by atoms with E-state index in [1.807, 2.05) is 25.2 Å². The van der Waals surface area contributed by atoms with Crippen LogP contribution in [0.15, 0.2) is 5.10 Å². The second-order valence-electron chi connectivity index (χ2n) is 6.51. The van der Waals surface area contributed by atoms with Crippen molar-refractivity contribution in [2.45, 2.75) is 46.2 Å². The number of nitrogens with one attached hydrogen (secondary N) is 1. The van der Waals surface area contributed by atoms with Crippen molar-refractivity contribution in [2.75, 3.05) is 4.90 Å². The number of fused-ring (bicyclic) bond motifs is 8. The lowest BCUT2D eigenvalue weighted by molar-refractivity contribution is 0.499. The summed E-state index contributed by atoms with van der Waals surface area (Å²) in [4.78, 5) is 3.71. The van der Waals surface area contributed by atoms with Crippen molar-refractivity contribution >= 4 is 23.1 Å². The van der Waals surface area contributed by atoms with E-state index in [9.17, 15) is 0 Å². The summed E-state index contributed by atoms with van der Waals surface area (Å²) in [7, 11) is 0. The number of hydrazone groups is 1. The van der Waals surface area contributed by atoms with Gasteiger partial charge in [0.05, 0.1) is 0 Å². The largest absolute Gasteiger partial charge is 0.281 e. The molecule has 22 heavy (non-hydrogen) atoms. The quantitative estimate of drug-likeness (QED) is 0.812. The fourth-order valence-corrected chi connectivity index (χ4v) is 5.45. The summed E-state index contributed by atoms with van der Waals surface area (Å²) in [6.45, 7) is 6.40. The lowest BCUT2D eigenvalue weighted by Crippen LogP contribution is -2.38. The van der Waals surface area contributed by atoms with Crippen molar-refractivity contribution in [3.8, 4) is 5.00 Å². The van der Waals surface area contributed by atoms with Crippen LogP contribution in [0.4, 0.5) is 5.95 Å². The maximum Gasteiger partial charge on any atom is 0.240 e. The molecule has 0 bridgehead atoms. The number of rotatable bonds is 0. The molecule has 0 aromatic carbocycles. The van der Waals surface area contributed by atoms with E-state index >= 15 is 0 Å². The van der Waals surface area contributed by atoms with E-state index in [1.54, 1.807) is 0 Å². The molecule has 114 valence electrons. The molecule has 7 heteroatoms. The highest BCUT2D eigenvalue weighted by Gasteiger charge is 2.42. The summed E-state index contributed by atoms with van der Waals surface area (Å²) in [6.07, 6.45) is 3.72. The molecule has 2 aromatic rings. The van der Waals surface area contributed by atoms with Crippen LogP contribution in [-0.4, -0.2) is 20.6 Å². The van der Waals surface area contributed by atoms with Crippen LogP contribution in [0.25, 0.3) is 5.00 Å². The highest BCUT2D eigenvalue weighted by molar-refractivity contribution is 7.15. The van der Waals surface area contributed by atoms with Gasteiger partial charge in [-0.2, -0.15) is 5.10 Å². The van der Waals surface area contributed by atoms with Crippen molar-refractivity contribution < 1.29 is 0 Å². The second kappa shape index (κ2) is 4.10. The Bertz CT molecular complexity index is 816. The normalized spacial score (nSPS) is 25.0. The van der Waals surface area contributed by atoms with Crippen LogP contribution < -0.4 is 10.3 Å². The Balaban J connectivity index is 1.80. The van der Waals surface area contributed by atoms with E-state index < -0.39 is 0 Å². The molecule has 0 saturated heterocycles. The van der Waals surface area contributed by atoms with Gasteiger partial charge >= 0.3 is 0 Å². The number of amidine groups is 1. The van der Waals surface area contributed by atoms with Crippen molar-refractivity contribution in [1.82, 2.24) is 20.2 Å². The fourth-order valence-electron chi connectivity index (χ4n) is 3.86. The topological polar surface area (TPSA) is 58.3 Å². The van der Waals surface area contributed by atoms with Gasteiger partial charge in [-0.3, -0.25) is 14.9 Å². The number of aryl methyl sites for hydroxylation is 1. The van der Waals surface area contributed by atoms with Crippen LogP contribution in [0.2, 0.25) is 0 Å². The molecule has 0 amide bonds. The van der Waals surface area contributed by atoms with Gasteiger partial charge in [-0.05, 0) is 44.6 Å². The molecule has 0 radical (unpaired) electrons. The van der Waals surface area contributed by atoms with Crippen LogP contribution >= 0.6 is 11.3 Å². The number of hydrogen-bond donors (Lipinski definition) is 1. The molecular formula is C15H18N6S. The molecule has 6 nitrogen and oxygen atoms in total. The minimum Gasteiger partial charge on any atom is -0.281 e. The van der Waals surface area contributed by atoms with E-state index in [0.717, 1.165) is 23.5 Å². The third-order valence-electron chi connectivity index (χ3n) is 4.99. The van der Waals surface area contributed by atoms with Crippen molar-refractivity contribution in [3.05, 3.63) is 21.8 Å². The zero-order valence-corrected chi connectivity index (χ0v) is 13.7. The molecule has 5 rings (SSSR count). The second-order valence-corrected chi connectivity index (χ2v) is 7.60. The van der Waals surface area contributed by atoms with E-state index in [1.165, 1.54) is 40.3 Å². The van der Waals surface area contributed by atoms with Crippen molar-refractivity contribution in [1.29, 1.82) is 0 Å². The van der Waals surface area contributed by atoms with Gasteiger partial charge in [-0.1, -0.05) is 6.92 Å². The first-order chi connectivity index (χ1) is 10.6. The van der Waals surface area contributed by atoms with Gasteiger partial charge in [0.1, 0.15) is 16.7 Å². The molecule has 2 aromatic heterocycles. The molecule has 2 aliphatic heterocycles. The molecule has 0 spiro atoms. The summed E-state index contributed by atoms with van der Waals surface area (Å²) in [5, 5.41) is 14.4. The van der Waals surface area contributed by atoms with Gasteiger partial charge in [0.25, 0.3) is 0 Å². The van der Waals surface area contributed by atoms with Crippen LogP contribution in [0.5, 0.6) is 0 Å². The van der Waals surface area contributed by atoms with Crippen LogP contribution in [0.3, 0.4) is 0 Å². The molecule has 0 saturated carbocycles. The van der Waals surface area contributed by atoms with Gasteiger partial charge in [-0.25, -0.2) is 0 Å². The number of thiophene rings is 1. The van der Waals surface area contributed by atoms with Crippen LogP contribution in [-0.2, 0) is 12.8 Å². The summed E-state index contributed by atoms with van der Waals surface area (Å²) in [5.41, 5.74) is 6.22. The Kier molecular flexibility index (Phi) is 2.35. The predicted octanol–water partition coefficient (Wildman–Crippen LogP) is 2.52. The number of nitrogens with zero attached hydrogens (tertiary/aromatic N) is 5. The van der Waals surface area contributed by atoms with E-state index in [0.29, 0.717) is 0 Å². The fraction of sp³-hybridized carbons (Fsp3) is 0.533. The van der Waals surface area contributed by atoms with Gasteiger partial charge in [0, 0.05) is 10.4 Å². The maximum atomic E-state index is 4.45. The lowest BCUT2D eigenvalue weighted by atomic mass is 9.87. The number of anilines is 1. The monoisotopic (exact) mass is 314 g/mol. The highest BCUT2D eigenvalue weighted by atomic mass is 32.1. The molecular weight excluding hydrogens is 296 g/mol. The van der Waals surface area contributed by atoms with Crippen LogP contribution in [0.1, 0.15) is 48.3 Å². The van der Waals surface area contributed by atoms with Gasteiger partial charge in [0.2, 0.25) is 5.95 Å². The third-order valence-corrected chi connectivity index (χ3v) is 6.24. The van der Waals surface area contributed by atoms with E-state index in [-0.39, 0.29) is 6.17 Å².